The van der Waals surface area contributed by atoms with Gasteiger partial charge in [0.25, 0.3) is 0 Å². The fourth-order valence-corrected chi connectivity index (χ4v) is 0.138. The van der Waals surface area contributed by atoms with E-state index in [2.05, 4.69) is 9.94 Å². The van der Waals surface area contributed by atoms with Gasteiger partial charge in [-0.15, -0.1) is 10.3 Å². The fraction of sp³-hybridized carbons (Fsp3) is 0.500. The number of alkyl halides is 1. The standard InChI is InChI=1S/C2H3FN2O/c3-1-6-5-2-4-5/h2H,1H2. The predicted octanol–water partition coefficient (Wildman–Crippen LogP) is 0.104. The Bertz CT molecular complexity index is 67.9. The second kappa shape index (κ2) is 1.22. The first-order valence-electron chi connectivity index (χ1n) is 1.45. The quantitative estimate of drug-likeness (QED) is 0.480. The molecule has 3 nitrogen and oxygen atoms in total. The van der Waals surface area contributed by atoms with Crippen LogP contribution in [0.25, 0.3) is 0 Å². The van der Waals surface area contributed by atoms with E-state index in [9.17, 15) is 4.39 Å². The highest BCUT2D eigenvalue weighted by Gasteiger charge is 2.05. The monoisotopic (exact) mass is 90.0 g/mol. The Morgan fingerprint density at radius 1 is 2.00 bits per heavy atom. The summed E-state index contributed by atoms with van der Waals surface area (Å²) >= 11 is 0. The summed E-state index contributed by atoms with van der Waals surface area (Å²) < 4.78 is 10.9. The van der Waals surface area contributed by atoms with Gasteiger partial charge in [-0.2, -0.15) is 0 Å². The topological polar surface area (TPSA) is 24.6 Å². The first kappa shape index (κ1) is 3.55. The van der Waals surface area contributed by atoms with Crippen LogP contribution in [0.2, 0.25) is 0 Å². The van der Waals surface area contributed by atoms with Crippen molar-refractivity contribution >= 4 is 6.34 Å². The third kappa shape index (κ3) is 0.651. The van der Waals surface area contributed by atoms with Gasteiger partial charge in [-0.1, -0.05) is 0 Å². The Labute approximate surface area is 34.0 Å². The zero-order valence-corrected chi connectivity index (χ0v) is 2.97. The molecule has 0 radical (unpaired) electrons. The molecule has 1 aliphatic heterocycles. The number of hydrogen-bond donors (Lipinski definition) is 0. The molecule has 0 aromatic rings. The van der Waals surface area contributed by atoms with Crippen molar-refractivity contribution < 1.29 is 9.23 Å². The van der Waals surface area contributed by atoms with E-state index >= 15 is 0 Å². The van der Waals surface area contributed by atoms with Gasteiger partial charge in [-0.05, 0) is 0 Å². The van der Waals surface area contributed by atoms with Crippen LogP contribution < -0.4 is 0 Å². The van der Waals surface area contributed by atoms with Crippen molar-refractivity contribution in [3.05, 3.63) is 0 Å². The molecule has 0 N–H and O–H groups in total. The Kier molecular flexibility index (Phi) is 0.719. The Hall–Kier alpha value is -0.640. The van der Waals surface area contributed by atoms with E-state index in [1.165, 1.54) is 6.34 Å². The molecule has 0 aromatic heterocycles. The number of hydrazone groups is 1. The number of hydrogen-bond acceptors (Lipinski definition) is 3. The highest BCUT2D eigenvalue weighted by molar-refractivity contribution is 5.63. The minimum Gasteiger partial charge on any atom is -0.217 e. The smallest absolute Gasteiger partial charge is 0.216 e. The summed E-state index contributed by atoms with van der Waals surface area (Å²) in [6.07, 6.45) is 1.37. The lowest BCUT2D eigenvalue weighted by Crippen LogP contribution is -1.96. The summed E-state index contributed by atoms with van der Waals surface area (Å²) in [5.74, 6) is 0. The minimum atomic E-state index is -0.806. The summed E-state index contributed by atoms with van der Waals surface area (Å²) in [6.45, 7) is -0.806. The van der Waals surface area contributed by atoms with E-state index in [0.29, 0.717) is 0 Å². The lowest BCUT2D eigenvalue weighted by molar-refractivity contribution is -0.101. The Balaban J connectivity index is 1.90. The molecule has 34 valence electrons. The van der Waals surface area contributed by atoms with Gasteiger partial charge in [0.2, 0.25) is 6.86 Å². The Morgan fingerprint density at radius 3 is 2.83 bits per heavy atom. The fourth-order valence-electron chi connectivity index (χ4n) is 0.138. The molecule has 1 rings (SSSR count). The van der Waals surface area contributed by atoms with Gasteiger partial charge in [0, 0.05) is 0 Å². The molecule has 0 unspecified atom stereocenters. The van der Waals surface area contributed by atoms with Crippen LogP contribution in [-0.2, 0) is 4.84 Å². The van der Waals surface area contributed by atoms with Gasteiger partial charge >= 0.3 is 0 Å². The maximum Gasteiger partial charge on any atom is 0.216 e. The van der Waals surface area contributed by atoms with E-state index in [-0.39, 0.29) is 0 Å². The van der Waals surface area contributed by atoms with Crippen molar-refractivity contribution in [2.75, 3.05) is 6.86 Å². The number of hydroxylamine groups is 1. The summed E-state index contributed by atoms with van der Waals surface area (Å²) in [4.78, 5) is 4.10. The maximum atomic E-state index is 10.9. The zero-order chi connectivity index (χ0) is 4.41. The number of halogens is 1. The van der Waals surface area contributed by atoms with E-state index in [1.807, 2.05) is 0 Å². The number of rotatable bonds is 2. The van der Waals surface area contributed by atoms with Crippen LogP contribution in [0.5, 0.6) is 0 Å². The van der Waals surface area contributed by atoms with Crippen molar-refractivity contribution in [2.45, 2.75) is 0 Å². The molecule has 0 saturated heterocycles. The van der Waals surface area contributed by atoms with Crippen LogP contribution in [0.15, 0.2) is 5.10 Å². The second-order valence-electron chi connectivity index (χ2n) is 0.772. The summed E-state index contributed by atoms with van der Waals surface area (Å²) in [7, 11) is 0. The molecule has 1 heterocycles. The lowest BCUT2D eigenvalue weighted by atomic mass is 11.5. The van der Waals surface area contributed by atoms with Gasteiger partial charge < -0.3 is 0 Å². The molecule has 1 aliphatic rings. The van der Waals surface area contributed by atoms with Crippen molar-refractivity contribution in [3.63, 3.8) is 0 Å². The van der Waals surface area contributed by atoms with E-state index in [4.69, 9.17) is 0 Å². The zero-order valence-electron chi connectivity index (χ0n) is 2.97. The van der Waals surface area contributed by atoms with Gasteiger partial charge in [0.1, 0.15) is 0 Å². The van der Waals surface area contributed by atoms with E-state index < -0.39 is 6.86 Å². The third-order valence-electron chi connectivity index (χ3n) is 0.391. The molecule has 0 aromatic carbocycles. The van der Waals surface area contributed by atoms with Gasteiger partial charge in [0.15, 0.2) is 6.34 Å². The lowest BCUT2D eigenvalue weighted by Gasteiger charge is -1.89. The highest BCUT2D eigenvalue weighted by atomic mass is 19.1. The first-order chi connectivity index (χ1) is 2.93. The molecule has 0 atom stereocenters. The Morgan fingerprint density at radius 2 is 2.67 bits per heavy atom. The van der Waals surface area contributed by atoms with Crippen LogP contribution in [0.1, 0.15) is 0 Å². The molecule has 0 fully saturated rings. The molecular weight excluding hydrogens is 87.0 g/mol. The van der Waals surface area contributed by atoms with Crippen molar-refractivity contribution in [3.8, 4) is 0 Å². The average molecular weight is 90.1 g/mol. The maximum absolute atomic E-state index is 10.9. The van der Waals surface area contributed by atoms with Crippen LogP contribution in [0.4, 0.5) is 4.39 Å². The second-order valence-corrected chi connectivity index (χ2v) is 0.772. The normalized spacial score (nSPS) is 15.8. The van der Waals surface area contributed by atoms with E-state index in [0.717, 1.165) is 5.17 Å². The van der Waals surface area contributed by atoms with Crippen LogP contribution in [0, 0.1) is 0 Å². The first-order valence-corrected chi connectivity index (χ1v) is 1.45. The summed E-state index contributed by atoms with van der Waals surface area (Å²) in [5.41, 5.74) is 0. The van der Waals surface area contributed by atoms with Crippen LogP contribution in [-0.4, -0.2) is 18.4 Å². The van der Waals surface area contributed by atoms with Crippen LogP contribution >= 0.6 is 0 Å². The predicted molar refractivity (Wildman–Crippen MR) is 17.4 cm³/mol. The molecule has 0 spiro atoms. The summed E-state index contributed by atoms with van der Waals surface area (Å²) in [6, 6.07) is 0. The van der Waals surface area contributed by atoms with Crippen LogP contribution in [0.3, 0.4) is 0 Å². The van der Waals surface area contributed by atoms with E-state index in [1.54, 1.807) is 0 Å². The van der Waals surface area contributed by atoms with Gasteiger partial charge in [0.05, 0.1) is 0 Å². The highest BCUT2D eigenvalue weighted by Crippen LogP contribution is 1.97. The largest absolute Gasteiger partial charge is 0.217 e. The van der Waals surface area contributed by atoms with Gasteiger partial charge in [-0.25, -0.2) is 9.23 Å². The summed E-state index contributed by atoms with van der Waals surface area (Å²) in [5, 5.41) is 4.39. The van der Waals surface area contributed by atoms with Crippen molar-refractivity contribution in [2.24, 2.45) is 5.10 Å². The SMILES string of the molecule is FCON1C=N1. The molecule has 4 heteroatoms. The molecule has 0 bridgehead atoms. The third-order valence-corrected chi connectivity index (χ3v) is 0.391. The molecule has 0 aliphatic carbocycles. The molecule has 0 amide bonds. The average Bonchev–Trinajstić information content (AvgIpc) is 2.21. The molecular formula is C2H3FN2O. The number of nitrogens with zero attached hydrogens (tertiary/aromatic N) is 2. The molecule has 6 heavy (non-hydrogen) atoms. The van der Waals surface area contributed by atoms with Crippen molar-refractivity contribution in [1.29, 1.82) is 0 Å². The molecule has 0 saturated carbocycles. The van der Waals surface area contributed by atoms with Gasteiger partial charge in [-0.3, -0.25) is 0 Å². The minimum absolute atomic E-state index is 0.806. The van der Waals surface area contributed by atoms with Crippen molar-refractivity contribution in [1.82, 2.24) is 5.17 Å².